The lowest BCUT2D eigenvalue weighted by molar-refractivity contribution is 0.0690. The van der Waals surface area contributed by atoms with Crippen LogP contribution in [0.1, 0.15) is 27.7 Å². The highest BCUT2D eigenvalue weighted by Crippen LogP contribution is 2.26. The number of hydrogen-bond donors (Lipinski definition) is 1. The molecule has 1 N–H and O–H groups in total. The van der Waals surface area contributed by atoms with Crippen LogP contribution in [-0.2, 0) is 0 Å². The Kier molecular flexibility index (Phi) is 5.17. The lowest BCUT2D eigenvalue weighted by Crippen LogP contribution is -2.08. The van der Waals surface area contributed by atoms with Crippen molar-refractivity contribution in [3.8, 4) is 0 Å². The molecule has 1 unspecified atom stereocenters. The molecule has 0 aliphatic heterocycles. The highest BCUT2D eigenvalue weighted by molar-refractivity contribution is 6.30. The summed E-state index contributed by atoms with van der Waals surface area (Å²) in [7, 11) is 3.85. The molecule has 22 heavy (non-hydrogen) atoms. The van der Waals surface area contributed by atoms with Crippen LogP contribution in [0.2, 0.25) is 5.02 Å². The van der Waals surface area contributed by atoms with E-state index in [-0.39, 0.29) is 11.6 Å². The molecule has 2 aromatic rings. The number of allylic oxidation sites excluding steroid dienone is 1. The van der Waals surface area contributed by atoms with Crippen LogP contribution in [0.25, 0.3) is 0 Å². The SMILES string of the molecule is CN(C)C=CC(c1ccc(Cl)cc1)c1cccc(C(=O)O)n1. The Balaban J connectivity index is 2.46. The van der Waals surface area contributed by atoms with Crippen molar-refractivity contribution in [1.82, 2.24) is 9.88 Å². The number of carbonyl (C=O) groups is 1. The maximum absolute atomic E-state index is 11.1. The third kappa shape index (κ3) is 4.09. The number of carboxylic acid groups (broad SMARTS) is 1. The van der Waals surface area contributed by atoms with Gasteiger partial charge in [-0.25, -0.2) is 9.78 Å². The van der Waals surface area contributed by atoms with Gasteiger partial charge < -0.3 is 10.0 Å². The van der Waals surface area contributed by atoms with Crippen LogP contribution in [0.5, 0.6) is 0 Å². The predicted molar refractivity (Wildman–Crippen MR) is 87.3 cm³/mol. The van der Waals surface area contributed by atoms with Crippen LogP contribution in [0.15, 0.2) is 54.7 Å². The summed E-state index contributed by atoms with van der Waals surface area (Å²) >= 11 is 5.94. The van der Waals surface area contributed by atoms with Gasteiger partial charge in [-0.15, -0.1) is 0 Å². The zero-order chi connectivity index (χ0) is 16.1. The summed E-state index contributed by atoms with van der Waals surface area (Å²) in [5, 5.41) is 9.77. The van der Waals surface area contributed by atoms with Crippen LogP contribution in [0.3, 0.4) is 0 Å². The topological polar surface area (TPSA) is 53.4 Å². The van der Waals surface area contributed by atoms with E-state index in [1.807, 2.05) is 61.6 Å². The van der Waals surface area contributed by atoms with Gasteiger partial charge in [0, 0.05) is 25.0 Å². The molecule has 4 nitrogen and oxygen atoms in total. The van der Waals surface area contributed by atoms with Crippen molar-refractivity contribution in [2.24, 2.45) is 0 Å². The number of carboxylic acids is 1. The highest BCUT2D eigenvalue weighted by Gasteiger charge is 2.15. The normalized spacial score (nSPS) is 12.3. The minimum atomic E-state index is -1.03. The maximum atomic E-state index is 11.1. The van der Waals surface area contributed by atoms with Crippen LogP contribution >= 0.6 is 11.6 Å². The Morgan fingerprint density at radius 2 is 1.91 bits per heavy atom. The van der Waals surface area contributed by atoms with Gasteiger partial charge in [0.2, 0.25) is 0 Å². The first-order chi connectivity index (χ1) is 10.5. The Morgan fingerprint density at radius 3 is 2.50 bits per heavy atom. The lowest BCUT2D eigenvalue weighted by Gasteiger charge is -2.15. The number of pyridine rings is 1. The summed E-state index contributed by atoms with van der Waals surface area (Å²) in [6, 6.07) is 12.5. The van der Waals surface area contributed by atoms with Gasteiger partial charge in [-0.1, -0.05) is 35.9 Å². The molecule has 0 radical (unpaired) electrons. The molecule has 1 aromatic carbocycles. The van der Waals surface area contributed by atoms with Gasteiger partial charge >= 0.3 is 5.97 Å². The van der Waals surface area contributed by atoms with Gasteiger partial charge in [-0.3, -0.25) is 0 Å². The number of hydrogen-bond acceptors (Lipinski definition) is 3. The highest BCUT2D eigenvalue weighted by atomic mass is 35.5. The first-order valence-electron chi connectivity index (χ1n) is 6.78. The summed E-state index contributed by atoms with van der Waals surface area (Å²) in [4.78, 5) is 17.3. The summed E-state index contributed by atoms with van der Waals surface area (Å²) < 4.78 is 0. The van der Waals surface area contributed by atoms with Crippen molar-refractivity contribution in [2.75, 3.05) is 14.1 Å². The molecule has 0 saturated heterocycles. The minimum Gasteiger partial charge on any atom is -0.477 e. The molecule has 1 heterocycles. The van der Waals surface area contributed by atoms with Crippen LogP contribution in [-0.4, -0.2) is 35.1 Å². The van der Waals surface area contributed by atoms with Crippen LogP contribution in [0.4, 0.5) is 0 Å². The van der Waals surface area contributed by atoms with E-state index in [9.17, 15) is 4.79 Å². The fourth-order valence-corrected chi connectivity index (χ4v) is 2.18. The van der Waals surface area contributed by atoms with Gasteiger partial charge in [0.1, 0.15) is 5.69 Å². The first-order valence-corrected chi connectivity index (χ1v) is 7.15. The van der Waals surface area contributed by atoms with Gasteiger partial charge in [0.05, 0.1) is 5.69 Å². The van der Waals surface area contributed by atoms with Crippen molar-refractivity contribution >= 4 is 17.6 Å². The molecule has 0 aliphatic rings. The molecule has 1 atom stereocenters. The minimum absolute atomic E-state index is 0.0368. The third-order valence-electron chi connectivity index (χ3n) is 3.11. The lowest BCUT2D eigenvalue weighted by atomic mass is 9.95. The molecule has 114 valence electrons. The Hall–Kier alpha value is -2.33. The number of rotatable bonds is 5. The van der Waals surface area contributed by atoms with Gasteiger partial charge in [0.25, 0.3) is 0 Å². The molecule has 0 bridgehead atoms. The standard InChI is InChI=1S/C17H17ClN2O2/c1-20(2)11-10-14(12-6-8-13(18)9-7-12)15-4-3-5-16(19-15)17(21)22/h3-11,14H,1-2H3,(H,21,22). The smallest absolute Gasteiger partial charge is 0.354 e. The molecule has 2 rings (SSSR count). The van der Waals surface area contributed by atoms with Gasteiger partial charge in [0.15, 0.2) is 0 Å². The molecule has 1 aromatic heterocycles. The van der Waals surface area contributed by atoms with Gasteiger partial charge in [-0.05, 0) is 36.0 Å². The molecule has 0 amide bonds. The fourth-order valence-electron chi connectivity index (χ4n) is 2.05. The summed E-state index contributed by atoms with van der Waals surface area (Å²) in [5.41, 5.74) is 1.72. The average Bonchev–Trinajstić information content (AvgIpc) is 2.49. The monoisotopic (exact) mass is 316 g/mol. The van der Waals surface area contributed by atoms with Crippen molar-refractivity contribution in [3.05, 3.63) is 76.7 Å². The van der Waals surface area contributed by atoms with Crippen molar-refractivity contribution in [3.63, 3.8) is 0 Å². The van der Waals surface area contributed by atoms with E-state index in [2.05, 4.69) is 4.98 Å². The van der Waals surface area contributed by atoms with Crippen molar-refractivity contribution in [2.45, 2.75) is 5.92 Å². The number of benzene rings is 1. The number of aromatic nitrogens is 1. The molecule has 5 heteroatoms. The van der Waals surface area contributed by atoms with Crippen molar-refractivity contribution in [1.29, 1.82) is 0 Å². The largest absolute Gasteiger partial charge is 0.477 e. The Morgan fingerprint density at radius 1 is 1.23 bits per heavy atom. The second kappa shape index (κ2) is 7.09. The Labute approximate surface area is 134 Å². The van der Waals surface area contributed by atoms with E-state index in [1.165, 1.54) is 6.07 Å². The average molecular weight is 317 g/mol. The fraction of sp³-hybridized carbons (Fsp3) is 0.176. The summed E-state index contributed by atoms with van der Waals surface area (Å²) in [6.45, 7) is 0. The number of nitrogens with zero attached hydrogens (tertiary/aromatic N) is 2. The summed E-state index contributed by atoms with van der Waals surface area (Å²) in [6.07, 6.45) is 3.91. The zero-order valence-corrected chi connectivity index (χ0v) is 13.2. The van der Waals surface area contributed by atoms with Crippen LogP contribution < -0.4 is 0 Å². The molecule has 0 spiro atoms. The molecule has 0 aliphatic carbocycles. The first kappa shape index (κ1) is 16.0. The van der Waals surface area contributed by atoms with E-state index in [1.54, 1.807) is 6.07 Å². The van der Waals surface area contributed by atoms with Gasteiger partial charge in [-0.2, -0.15) is 0 Å². The Bertz CT molecular complexity index is 681. The summed E-state index contributed by atoms with van der Waals surface area (Å²) in [5.74, 6) is -1.17. The molecular formula is C17H17ClN2O2. The number of aromatic carboxylic acids is 1. The van der Waals surface area contributed by atoms with E-state index >= 15 is 0 Å². The number of halogens is 1. The molecular weight excluding hydrogens is 300 g/mol. The quantitative estimate of drug-likeness (QED) is 0.915. The molecule has 0 saturated carbocycles. The third-order valence-corrected chi connectivity index (χ3v) is 3.37. The second-order valence-electron chi connectivity index (χ2n) is 5.09. The maximum Gasteiger partial charge on any atom is 0.354 e. The van der Waals surface area contributed by atoms with E-state index in [4.69, 9.17) is 16.7 Å². The second-order valence-corrected chi connectivity index (χ2v) is 5.52. The van der Waals surface area contributed by atoms with E-state index in [0.717, 1.165) is 5.56 Å². The predicted octanol–water partition coefficient (Wildman–Crippen LogP) is 3.64. The molecule has 0 fully saturated rings. The van der Waals surface area contributed by atoms with E-state index < -0.39 is 5.97 Å². The van der Waals surface area contributed by atoms with Crippen molar-refractivity contribution < 1.29 is 9.90 Å². The van der Waals surface area contributed by atoms with E-state index in [0.29, 0.717) is 10.7 Å². The zero-order valence-electron chi connectivity index (χ0n) is 12.4. The van der Waals surface area contributed by atoms with Crippen LogP contribution in [0, 0.1) is 0 Å².